The van der Waals surface area contributed by atoms with E-state index in [9.17, 15) is 4.79 Å². The Morgan fingerprint density at radius 3 is 2.96 bits per heavy atom. The summed E-state index contributed by atoms with van der Waals surface area (Å²) in [5.41, 5.74) is 1.26. The van der Waals surface area contributed by atoms with E-state index in [4.69, 9.17) is 16.3 Å². The zero-order valence-electron chi connectivity index (χ0n) is 12.1. The molecule has 118 valence electrons. The fourth-order valence-corrected chi connectivity index (χ4v) is 3.63. The number of hydrogen-bond donors (Lipinski definition) is 1. The van der Waals surface area contributed by atoms with E-state index in [2.05, 4.69) is 32.9 Å². The van der Waals surface area contributed by atoms with Crippen LogP contribution in [0.2, 0.25) is 5.02 Å². The second kappa shape index (κ2) is 7.02. The molecule has 0 bridgehead atoms. The summed E-state index contributed by atoms with van der Waals surface area (Å²) in [7, 11) is 0. The van der Waals surface area contributed by atoms with Gasteiger partial charge in [0.05, 0.1) is 27.4 Å². The quantitative estimate of drug-likeness (QED) is 0.546. The minimum atomic E-state index is -0.266. The molecule has 1 aromatic heterocycles. The summed E-state index contributed by atoms with van der Waals surface area (Å²) < 4.78 is 7.38. The van der Waals surface area contributed by atoms with Crippen LogP contribution in [0.3, 0.4) is 0 Å². The predicted molar refractivity (Wildman–Crippen MR) is 103 cm³/mol. The van der Waals surface area contributed by atoms with Crippen LogP contribution in [0.1, 0.15) is 17.3 Å². The molecule has 0 spiro atoms. The first-order valence-electron chi connectivity index (χ1n) is 6.86. The number of aromatic nitrogens is 1. The van der Waals surface area contributed by atoms with Gasteiger partial charge in [0.25, 0.3) is 5.91 Å². The predicted octanol–water partition coefficient (Wildman–Crippen LogP) is 5.21. The van der Waals surface area contributed by atoms with Crippen molar-refractivity contribution >= 4 is 66.8 Å². The molecule has 3 aromatic rings. The van der Waals surface area contributed by atoms with Crippen molar-refractivity contribution in [3.8, 4) is 5.75 Å². The Morgan fingerprint density at radius 2 is 2.17 bits per heavy atom. The van der Waals surface area contributed by atoms with Crippen LogP contribution in [0, 0.1) is 3.57 Å². The SMILES string of the molecule is CCOc1ccc2nc(NC(=O)c3cc(I)ccc3Cl)sc2c1. The maximum absolute atomic E-state index is 12.4. The molecule has 4 nitrogen and oxygen atoms in total. The molecule has 0 aliphatic heterocycles. The number of anilines is 1. The zero-order chi connectivity index (χ0) is 16.4. The number of benzene rings is 2. The molecular formula is C16H12ClIN2O2S. The van der Waals surface area contributed by atoms with E-state index in [0.717, 1.165) is 19.5 Å². The Hall–Kier alpha value is -1.38. The highest BCUT2D eigenvalue weighted by molar-refractivity contribution is 14.1. The zero-order valence-corrected chi connectivity index (χ0v) is 15.8. The Labute approximate surface area is 156 Å². The van der Waals surface area contributed by atoms with Crippen LogP contribution in [0.15, 0.2) is 36.4 Å². The number of halogens is 2. The smallest absolute Gasteiger partial charge is 0.258 e. The lowest BCUT2D eigenvalue weighted by atomic mass is 10.2. The van der Waals surface area contributed by atoms with Crippen LogP contribution in [0.25, 0.3) is 10.2 Å². The highest BCUT2D eigenvalue weighted by atomic mass is 127. The van der Waals surface area contributed by atoms with Gasteiger partial charge in [-0.15, -0.1) is 0 Å². The van der Waals surface area contributed by atoms with Crippen LogP contribution in [-0.4, -0.2) is 17.5 Å². The lowest BCUT2D eigenvalue weighted by Crippen LogP contribution is -2.12. The molecule has 0 saturated heterocycles. The fourth-order valence-electron chi connectivity index (χ4n) is 2.05. The molecule has 0 radical (unpaired) electrons. The van der Waals surface area contributed by atoms with Crippen molar-refractivity contribution in [1.29, 1.82) is 0 Å². The molecular weight excluding hydrogens is 447 g/mol. The Kier molecular flexibility index (Phi) is 5.03. The van der Waals surface area contributed by atoms with Gasteiger partial charge in [-0.3, -0.25) is 10.1 Å². The third-order valence-electron chi connectivity index (χ3n) is 3.06. The van der Waals surface area contributed by atoms with Crippen molar-refractivity contribution < 1.29 is 9.53 Å². The van der Waals surface area contributed by atoms with Gasteiger partial charge in [-0.1, -0.05) is 22.9 Å². The number of fused-ring (bicyclic) bond motifs is 1. The minimum Gasteiger partial charge on any atom is -0.494 e. The van der Waals surface area contributed by atoms with Crippen molar-refractivity contribution in [1.82, 2.24) is 4.98 Å². The number of carbonyl (C=O) groups excluding carboxylic acids is 1. The van der Waals surface area contributed by atoms with Crippen molar-refractivity contribution in [3.05, 3.63) is 50.6 Å². The highest BCUT2D eigenvalue weighted by Gasteiger charge is 2.14. The number of carbonyl (C=O) groups is 1. The van der Waals surface area contributed by atoms with E-state index in [1.165, 1.54) is 11.3 Å². The number of rotatable bonds is 4. The Morgan fingerprint density at radius 1 is 1.35 bits per heavy atom. The van der Waals surface area contributed by atoms with Gasteiger partial charge in [0.1, 0.15) is 5.75 Å². The molecule has 0 unspecified atom stereocenters. The van der Waals surface area contributed by atoms with Gasteiger partial charge in [-0.2, -0.15) is 0 Å². The lowest BCUT2D eigenvalue weighted by molar-refractivity contribution is 0.102. The summed E-state index contributed by atoms with van der Waals surface area (Å²) in [5.74, 6) is 0.528. The van der Waals surface area contributed by atoms with Crippen molar-refractivity contribution in [2.75, 3.05) is 11.9 Å². The average molecular weight is 459 g/mol. The molecule has 1 N–H and O–H groups in total. The minimum absolute atomic E-state index is 0.266. The largest absolute Gasteiger partial charge is 0.494 e. The number of thiazole rings is 1. The van der Waals surface area contributed by atoms with Crippen molar-refractivity contribution in [2.45, 2.75) is 6.92 Å². The standard InChI is InChI=1S/C16H12ClIN2O2S/c1-2-22-10-4-6-13-14(8-10)23-16(19-13)20-15(21)11-7-9(18)3-5-12(11)17/h3-8H,2H2,1H3,(H,19,20,21). The molecule has 0 aliphatic carbocycles. The maximum atomic E-state index is 12.4. The molecule has 0 atom stereocenters. The third kappa shape index (κ3) is 3.76. The second-order valence-electron chi connectivity index (χ2n) is 4.66. The fraction of sp³-hybridized carbons (Fsp3) is 0.125. The second-order valence-corrected chi connectivity index (χ2v) is 7.34. The summed E-state index contributed by atoms with van der Waals surface area (Å²) in [4.78, 5) is 16.8. The summed E-state index contributed by atoms with van der Waals surface area (Å²) in [6.45, 7) is 2.55. The number of nitrogens with zero attached hydrogens (tertiary/aromatic N) is 1. The topological polar surface area (TPSA) is 51.2 Å². The molecule has 0 saturated carbocycles. The van der Waals surface area contributed by atoms with Crippen LogP contribution < -0.4 is 10.1 Å². The molecule has 1 amide bonds. The summed E-state index contributed by atoms with van der Waals surface area (Å²) in [6, 6.07) is 11.0. The molecule has 1 heterocycles. The lowest BCUT2D eigenvalue weighted by Gasteiger charge is -2.04. The van der Waals surface area contributed by atoms with Crippen molar-refractivity contribution in [2.24, 2.45) is 0 Å². The number of amides is 1. The van der Waals surface area contributed by atoms with Gasteiger partial charge in [-0.25, -0.2) is 4.98 Å². The van der Waals surface area contributed by atoms with Gasteiger partial charge in [-0.05, 0) is 65.9 Å². The van der Waals surface area contributed by atoms with E-state index < -0.39 is 0 Å². The molecule has 2 aromatic carbocycles. The van der Waals surface area contributed by atoms with Gasteiger partial charge in [0.2, 0.25) is 0 Å². The van der Waals surface area contributed by atoms with E-state index >= 15 is 0 Å². The van der Waals surface area contributed by atoms with Crippen LogP contribution in [0.4, 0.5) is 5.13 Å². The molecule has 3 rings (SSSR count). The normalized spacial score (nSPS) is 10.7. The summed E-state index contributed by atoms with van der Waals surface area (Å²) in [5, 5.41) is 3.76. The first kappa shape index (κ1) is 16.5. The van der Waals surface area contributed by atoms with Crippen LogP contribution in [0.5, 0.6) is 5.75 Å². The van der Waals surface area contributed by atoms with Gasteiger partial charge >= 0.3 is 0 Å². The number of ether oxygens (including phenoxy) is 1. The van der Waals surface area contributed by atoms with E-state index in [1.807, 2.05) is 31.2 Å². The molecule has 23 heavy (non-hydrogen) atoms. The van der Waals surface area contributed by atoms with E-state index in [-0.39, 0.29) is 5.91 Å². The van der Waals surface area contributed by atoms with Crippen LogP contribution >= 0.6 is 45.5 Å². The maximum Gasteiger partial charge on any atom is 0.258 e. The summed E-state index contributed by atoms with van der Waals surface area (Å²) in [6.07, 6.45) is 0. The Balaban J connectivity index is 1.86. The highest BCUT2D eigenvalue weighted by Crippen LogP contribution is 2.30. The van der Waals surface area contributed by atoms with Crippen molar-refractivity contribution in [3.63, 3.8) is 0 Å². The summed E-state index contributed by atoms with van der Waals surface area (Å²) >= 11 is 9.64. The van der Waals surface area contributed by atoms with Gasteiger partial charge < -0.3 is 4.74 Å². The molecule has 0 aliphatic rings. The Bertz CT molecular complexity index is 882. The number of nitrogens with one attached hydrogen (secondary N) is 1. The first-order chi connectivity index (χ1) is 11.1. The third-order valence-corrected chi connectivity index (χ3v) is 5.00. The molecule has 0 fully saturated rings. The first-order valence-corrected chi connectivity index (χ1v) is 9.14. The van der Waals surface area contributed by atoms with Crippen LogP contribution in [-0.2, 0) is 0 Å². The van der Waals surface area contributed by atoms with Gasteiger partial charge in [0.15, 0.2) is 5.13 Å². The van der Waals surface area contributed by atoms with E-state index in [1.54, 1.807) is 12.1 Å². The number of hydrogen-bond acceptors (Lipinski definition) is 4. The average Bonchev–Trinajstić information content (AvgIpc) is 2.91. The van der Waals surface area contributed by atoms with Gasteiger partial charge in [0, 0.05) is 3.57 Å². The monoisotopic (exact) mass is 458 g/mol. The molecule has 7 heteroatoms. The van der Waals surface area contributed by atoms with E-state index in [0.29, 0.717) is 22.3 Å².